The van der Waals surface area contributed by atoms with Gasteiger partial charge >= 0.3 is 6.18 Å². The Labute approximate surface area is 276 Å². The fourth-order valence-corrected chi connectivity index (χ4v) is 9.05. The lowest BCUT2D eigenvalue weighted by molar-refractivity contribution is -0.126. The number of aromatic nitrogens is 3. The Balaban J connectivity index is 1.11. The van der Waals surface area contributed by atoms with Crippen LogP contribution in [0.4, 0.5) is 24.9 Å². The first kappa shape index (κ1) is 33.5. The van der Waals surface area contributed by atoms with Crippen molar-refractivity contribution in [2.45, 2.75) is 64.8 Å². The molecule has 0 aliphatic carbocycles. The number of hydrogen-bond acceptors (Lipinski definition) is 9. The molecule has 2 aliphatic rings. The van der Waals surface area contributed by atoms with Gasteiger partial charge in [-0.25, -0.2) is 18.1 Å². The summed E-state index contributed by atoms with van der Waals surface area (Å²) in [5.74, 6) is 1.47. The molecule has 1 unspecified atom stereocenters. The van der Waals surface area contributed by atoms with Crippen molar-refractivity contribution in [1.82, 2.24) is 24.2 Å². The Morgan fingerprint density at radius 3 is 2.60 bits per heavy atom. The van der Waals surface area contributed by atoms with Crippen molar-refractivity contribution in [3.63, 3.8) is 0 Å². The van der Waals surface area contributed by atoms with Crippen LogP contribution in [0.1, 0.15) is 47.9 Å². The summed E-state index contributed by atoms with van der Waals surface area (Å²) in [7, 11) is -1.48. The Morgan fingerprint density at radius 2 is 1.94 bits per heavy atom. The zero-order valence-corrected chi connectivity index (χ0v) is 28.2. The van der Waals surface area contributed by atoms with Gasteiger partial charge in [-0.05, 0) is 67.3 Å². The third-order valence-corrected chi connectivity index (χ3v) is 12.0. The molecule has 10 nitrogen and oxygen atoms in total. The van der Waals surface area contributed by atoms with Gasteiger partial charge in [0.05, 0.1) is 17.6 Å². The fourth-order valence-electron chi connectivity index (χ4n) is 6.77. The summed E-state index contributed by atoms with van der Waals surface area (Å²) in [6, 6.07) is 10.2. The maximum atomic E-state index is 13.1. The molecule has 2 atom stereocenters. The molecule has 3 N–H and O–H groups in total. The highest BCUT2D eigenvalue weighted by Gasteiger charge is 2.30. The van der Waals surface area contributed by atoms with E-state index < -0.39 is 22.6 Å². The number of aryl methyl sites for hydroxylation is 1. The van der Waals surface area contributed by atoms with Gasteiger partial charge < -0.3 is 15.2 Å². The molecule has 15 heteroatoms. The second kappa shape index (κ2) is 13.2. The number of rotatable bonds is 9. The number of alkyl halides is 3. The number of hydrogen-bond donors (Lipinski definition) is 3. The first-order valence-electron chi connectivity index (χ1n) is 15.9. The largest absolute Gasteiger partial charge is 0.393 e. The van der Waals surface area contributed by atoms with Crippen LogP contribution in [0.3, 0.4) is 0 Å². The normalized spacial score (nSPS) is 20.0. The molecule has 47 heavy (non-hydrogen) atoms. The molecule has 0 amide bonds. The van der Waals surface area contributed by atoms with E-state index in [9.17, 15) is 26.9 Å². The predicted molar refractivity (Wildman–Crippen MR) is 179 cm³/mol. The van der Waals surface area contributed by atoms with Crippen molar-refractivity contribution in [2.75, 3.05) is 43.1 Å². The number of nitriles is 1. The van der Waals surface area contributed by atoms with Crippen molar-refractivity contribution >= 4 is 54.2 Å². The summed E-state index contributed by atoms with van der Waals surface area (Å²) in [5.41, 5.74) is 3.96. The van der Waals surface area contributed by atoms with Crippen LogP contribution in [0.15, 0.2) is 24.3 Å². The number of anilines is 2. The molecule has 6 rings (SSSR count). The average Bonchev–Trinajstić information content (AvgIpc) is 3.59. The topological polar surface area (TPSA) is 128 Å². The molecule has 2 fully saturated rings. The summed E-state index contributed by atoms with van der Waals surface area (Å²) in [6.45, 7) is 7.75. The number of benzene rings is 1. The minimum Gasteiger partial charge on any atom is -0.367 e. The molecule has 2 saturated heterocycles. The Morgan fingerprint density at radius 1 is 1.17 bits per heavy atom. The van der Waals surface area contributed by atoms with Crippen LogP contribution in [-0.2, 0) is 29.5 Å². The van der Waals surface area contributed by atoms with Crippen LogP contribution in [0, 0.1) is 30.1 Å². The standard InChI is InChI=1S/C32H39F3N8O2S2/c1-19(21-8-11-47(44,45)38-16-21)17-43-24(15-36)12-26-20(2)22(4-5-28(26)43)18-42-9-6-23(7-10-42)39-29-27-13-25(14-32(33,34)35)46-30(27)41-31(37-3)40-29/h4-5,12-13,19,21,23,38H,6-11,14,16-18H2,1-3H3,(H2,37,39,40,41)/t19-,21?/m0/s1. The monoisotopic (exact) mass is 688 g/mol. The summed E-state index contributed by atoms with van der Waals surface area (Å²) >= 11 is 1.05. The van der Waals surface area contributed by atoms with Gasteiger partial charge in [0.15, 0.2) is 0 Å². The molecule has 5 heterocycles. The van der Waals surface area contributed by atoms with Crippen molar-refractivity contribution in [2.24, 2.45) is 11.8 Å². The molecule has 2 aliphatic heterocycles. The van der Waals surface area contributed by atoms with Crippen LogP contribution in [0.2, 0.25) is 0 Å². The lowest BCUT2D eigenvalue weighted by atomic mass is 9.91. The van der Waals surface area contributed by atoms with Crippen molar-refractivity contribution in [3.8, 4) is 6.07 Å². The zero-order chi connectivity index (χ0) is 33.5. The molecule has 0 bridgehead atoms. The van der Waals surface area contributed by atoms with Gasteiger partial charge in [0.1, 0.15) is 22.4 Å². The van der Waals surface area contributed by atoms with E-state index in [0.717, 1.165) is 60.3 Å². The molecule has 4 aromatic rings. The Kier molecular flexibility index (Phi) is 9.41. The van der Waals surface area contributed by atoms with E-state index in [1.54, 1.807) is 13.1 Å². The predicted octanol–water partition coefficient (Wildman–Crippen LogP) is 5.62. The Bertz CT molecular complexity index is 1910. The number of piperidine rings is 1. The van der Waals surface area contributed by atoms with Crippen LogP contribution < -0.4 is 15.4 Å². The molecule has 1 aromatic carbocycles. The third-order valence-electron chi connectivity index (χ3n) is 9.54. The van der Waals surface area contributed by atoms with E-state index in [1.807, 2.05) is 6.07 Å². The highest BCUT2D eigenvalue weighted by molar-refractivity contribution is 7.89. The van der Waals surface area contributed by atoms with Gasteiger partial charge in [-0.1, -0.05) is 13.0 Å². The van der Waals surface area contributed by atoms with Crippen molar-refractivity contribution < 1.29 is 21.6 Å². The van der Waals surface area contributed by atoms with Crippen LogP contribution >= 0.6 is 11.3 Å². The minimum absolute atomic E-state index is 0.122. The van der Waals surface area contributed by atoms with E-state index in [2.05, 4.69) is 66.8 Å². The van der Waals surface area contributed by atoms with Gasteiger partial charge in [-0.3, -0.25) is 4.90 Å². The molecular weight excluding hydrogens is 650 g/mol. The van der Waals surface area contributed by atoms with E-state index in [0.29, 0.717) is 47.2 Å². The third kappa shape index (κ3) is 7.51. The molecule has 3 aromatic heterocycles. The summed E-state index contributed by atoms with van der Waals surface area (Å²) in [4.78, 5) is 12.1. The molecule has 252 valence electrons. The van der Waals surface area contributed by atoms with E-state index >= 15 is 0 Å². The van der Waals surface area contributed by atoms with Gasteiger partial charge in [0.25, 0.3) is 0 Å². The second-order valence-electron chi connectivity index (χ2n) is 12.8. The van der Waals surface area contributed by atoms with Crippen LogP contribution in [-0.4, -0.2) is 72.5 Å². The number of thiophene rings is 1. The molecule has 0 radical (unpaired) electrons. The highest BCUT2D eigenvalue weighted by atomic mass is 32.2. The van der Waals surface area contributed by atoms with Gasteiger partial charge in [-0.2, -0.15) is 23.4 Å². The number of halogens is 3. The van der Waals surface area contributed by atoms with Crippen LogP contribution in [0.5, 0.6) is 0 Å². The van der Waals surface area contributed by atoms with Crippen LogP contribution in [0.25, 0.3) is 21.1 Å². The summed E-state index contributed by atoms with van der Waals surface area (Å²) in [5, 5.41) is 18.0. The summed E-state index contributed by atoms with van der Waals surface area (Å²) < 4.78 is 67.5. The van der Waals surface area contributed by atoms with E-state index in [-0.39, 0.29) is 28.5 Å². The number of nitrogens with one attached hydrogen (secondary N) is 3. The zero-order valence-electron chi connectivity index (χ0n) is 26.6. The highest BCUT2D eigenvalue weighted by Crippen LogP contribution is 2.35. The number of sulfonamides is 1. The first-order chi connectivity index (χ1) is 22.3. The van der Waals surface area contributed by atoms with E-state index in [4.69, 9.17) is 0 Å². The maximum Gasteiger partial charge on any atom is 0.393 e. The number of fused-ring (bicyclic) bond motifs is 2. The van der Waals surface area contributed by atoms with Gasteiger partial charge in [0, 0.05) is 61.6 Å². The van der Waals surface area contributed by atoms with Gasteiger partial charge in [0.2, 0.25) is 16.0 Å². The number of likely N-dealkylation sites (tertiary alicyclic amines) is 1. The van der Waals surface area contributed by atoms with Gasteiger partial charge in [-0.15, -0.1) is 11.3 Å². The first-order valence-corrected chi connectivity index (χ1v) is 18.3. The fraction of sp³-hybridized carbons (Fsp3) is 0.531. The molecule has 0 spiro atoms. The molecule has 0 saturated carbocycles. The van der Waals surface area contributed by atoms with Crippen molar-refractivity contribution in [3.05, 3.63) is 46.0 Å². The lowest BCUT2D eigenvalue weighted by Gasteiger charge is -2.33. The summed E-state index contributed by atoms with van der Waals surface area (Å²) in [6.07, 6.45) is -2.95. The number of nitrogens with zero attached hydrogens (tertiary/aromatic N) is 5. The Hall–Kier alpha value is -3.45. The average molecular weight is 689 g/mol. The molecular formula is C32H39F3N8O2S2. The smallest absolute Gasteiger partial charge is 0.367 e. The maximum absolute atomic E-state index is 13.1. The lowest BCUT2D eigenvalue weighted by Crippen LogP contribution is -2.40. The SMILES string of the molecule is CNc1nc(NC2CCN(Cc3ccc4c(cc(C#N)n4C[C@H](C)C4CCS(=O)(=O)NC4)c3C)CC2)c2cc(CC(F)(F)F)sc2n1. The second-order valence-corrected chi connectivity index (χ2v) is 15.8. The quantitative estimate of drug-likeness (QED) is 0.207. The van der Waals surface area contributed by atoms with E-state index in [1.165, 1.54) is 5.56 Å². The minimum atomic E-state index is -4.29. The van der Waals surface area contributed by atoms with Crippen molar-refractivity contribution in [1.29, 1.82) is 5.26 Å².